The summed E-state index contributed by atoms with van der Waals surface area (Å²) in [5, 5.41) is 12.2. The summed E-state index contributed by atoms with van der Waals surface area (Å²) in [6.07, 6.45) is 2.57. The number of benzene rings is 1. The maximum Gasteiger partial charge on any atom is 0.320 e. The standard InChI is InChI=1S/C16H19NO3S.ClH/c1-21-10-9-14(16(18)19)17-11-13-7-8-15(20-13)12-5-3-2-4-6-12;/h2-8,14,17H,9-11H2,1H3,(H,18,19);1H. The summed E-state index contributed by atoms with van der Waals surface area (Å²) in [6, 6.07) is 13.1. The lowest BCUT2D eigenvalue weighted by Crippen LogP contribution is -2.36. The van der Waals surface area contributed by atoms with Gasteiger partial charge in [-0.05, 0) is 30.6 Å². The third-order valence-electron chi connectivity index (χ3n) is 3.15. The molecular weight excluding hydrogens is 322 g/mol. The molecule has 0 aliphatic rings. The van der Waals surface area contributed by atoms with Gasteiger partial charge in [-0.1, -0.05) is 30.3 Å². The molecule has 0 saturated carbocycles. The van der Waals surface area contributed by atoms with Gasteiger partial charge in [-0.15, -0.1) is 12.4 Å². The Labute approximate surface area is 140 Å². The fraction of sp³-hybridized carbons (Fsp3) is 0.312. The van der Waals surface area contributed by atoms with E-state index in [4.69, 9.17) is 9.52 Å². The Balaban J connectivity index is 0.00000242. The van der Waals surface area contributed by atoms with Crippen molar-refractivity contribution in [2.24, 2.45) is 0 Å². The average Bonchev–Trinajstić information content (AvgIpc) is 2.97. The highest BCUT2D eigenvalue weighted by atomic mass is 35.5. The van der Waals surface area contributed by atoms with Crippen molar-refractivity contribution in [3.05, 3.63) is 48.2 Å². The SMILES string of the molecule is CSCCC(NCc1ccc(-c2ccccc2)o1)C(=O)O.Cl. The molecule has 6 heteroatoms. The maximum atomic E-state index is 11.2. The molecule has 0 fully saturated rings. The molecule has 1 unspecified atom stereocenters. The van der Waals surface area contributed by atoms with Gasteiger partial charge in [-0.2, -0.15) is 11.8 Å². The van der Waals surface area contributed by atoms with Gasteiger partial charge in [0.05, 0.1) is 6.54 Å². The van der Waals surface area contributed by atoms with E-state index in [1.54, 1.807) is 11.8 Å². The molecular formula is C16H20ClNO3S. The molecule has 0 amide bonds. The van der Waals surface area contributed by atoms with Crippen LogP contribution in [0.4, 0.5) is 0 Å². The van der Waals surface area contributed by atoms with Gasteiger partial charge in [0, 0.05) is 5.56 Å². The highest BCUT2D eigenvalue weighted by Crippen LogP contribution is 2.21. The molecule has 4 nitrogen and oxygen atoms in total. The Bertz CT molecular complexity index is 574. The number of hydrogen-bond acceptors (Lipinski definition) is 4. The second-order valence-corrected chi connectivity index (χ2v) is 5.67. The number of carboxylic acid groups (broad SMARTS) is 1. The average molecular weight is 342 g/mol. The Kier molecular flexibility index (Phi) is 8.09. The van der Waals surface area contributed by atoms with Crippen LogP contribution in [0.3, 0.4) is 0 Å². The number of hydrogen-bond donors (Lipinski definition) is 2. The van der Waals surface area contributed by atoms with E-state index in [1.807, 2.05) is 48.7 Å². The van der Waals surface area contributed by atoms with Crippen molar-refractivity contribution >= 4 is 30.1 Å². The van der Waals surface area contributed by atoms with E-state index in [0.29, 0.717) is 13.0 Å². The molecule has 22 heavy (non-hydrogen) atoms. The summed E-state index contributed by atoms with van der Waals surface area (Å²) in [5.41, 5.74) is 1.01. The van der Waals surface area contributed by atoms with Crippen LogP contribution in [0.25, 0.3) is 11.3 Å². The van der Waals surface area contributed by atoms with Gasteiger partial charge in [-0.3, -0.25) is 10.1 Å². The zero-order chi connectivity index (χ0) is 15.1. The first-order chi connectivity index (χ1) is 10.2. The molecule has 0 spiro atoms. The number of rotatable bonds is 8. The zero-order valence-corrected chi connectivity index (χ0v) is 14.0. The monoisotopic (exact) mass is 341 g/mol. The van der Waals surface area contributed by atoms with Gasteiger partial charge in [0.2, 0.25) is 0 Å². The highest BCUT2D eigenvalue weighted by molar-refractivity contribution is 7.98. The van der Waals surface area contributed by atoms with Gasteiger partial charge in [0.1, 0.15) is 17.6 Å². The summed E-state index contributed by atoms with van der Waals surface area (Å²) in [4.78, 5) is 11.2. The molecule has 2 N–H and O–H groups in total. The van der Waals surface area contributed by atoms with Gasteiger partial charge in [0.15, 0.2) is 0 Å². The molecule has 0 aliphatic carbocycles. The summed E-state index contributed by atoms with van der Waals surface area (Å²) in [7, 11) is 0. The minimum absolute atomic E-state index is 0. The second-order valence-electron chi connectivity index (χ2n) is 4.69. The van der Waals surface area contributed by atoms with Crippen LogP contribution in [0.5, 0.6) is 0 Å². The zero-order valence-electron chi connectivity index (χ0n) is 12.3. The molecule has 1 atom stereocenters. The Morgan fingerprint density at radius 1 is 1.27 bits per heavy atom. The minimum atomic E-state index is -0.820. The van der Waals surface area contributed by atoms with E-state index < -0.39 is 12.0 Å². The second kappa shape index (κ2) is 9.56. The van der Waals surface area contributed by atoms with E-state index in [0.717, 1.165) is 22.8 Å². The van der Waals surface area contributed by atoms with Crippen LogP contribution >= 0.6 is 24.2 Å². The van der Waals surface area contributed by atoms with Crippen LogP contribution in [0.15, 0.2) is 46.9 Å². The number of thioether (sulfide) groups is 1. The van der Waals surface area contributed by atoms with Crippen LogP contribution in [0.2, 0.25) is 0 Å². The normalized spacial score (nSPS) is 11.7. The first-order valence-electron chi connectivity index (χ1n) is 6.80. The lowest BCUT2D eigenvalue weighted by molar-refractivity contribution is -0.139. The van der Waals surface area contributed by atoms with Crippen molar-refractivity contribution in [3.8, 4) is 11.3 Å². The van der Waals surface area contributed by atoms with E-state index in [1.165, 1.54) is 0 Å². The summed E-state index contributed by atoms with van der Waals surface area (Å²) >= 11 is 1.64. The largest absolute Gasteiger partial charge is 0.480 e. The topological polar surface area (TPSA) is 62.5 Å². The van der Waals surface area contributed by atoms with Gasteiger partial charge >= 0.3 is 5.97 Å². The fourth-order valence-corrected chi connectivity index (χ4v) is 2.47. The third-order valence-corrected chi connectivity index (χ3v) is 3.80. The molecule has 0 bridgehead atoms. The molecule has 0 aliphatic heterocycles. The first-order valence-corrected chi connectivity index (χ1v) is 8.19. The van der Waals surface area contributed by atoms with Crippen LogP contribution in [0, 0.1) is 0 Å². The van der Waals surface area contributed by atoms with Crippen molar-refractivity contribution < 1.29 is 14.3 Å². The first kappa shape index (κ1) is 18.6. The quantitative estimate of drug-likeness (QED) is 0.767. The Hall–Kier alpha value is -1.43. The summed E-state index contributed by atoms with van der Waals surface area (Å²) in [6.45, 7) is 0.415. The van der Waals surface area contributed by atoms with E-state index in [9.17, 15) is 4.79 Å². The predicted octanol–water partition coefficient (Wildman–Crippen LogP) is 3.66. The van der Waals surface area contributed by atoms with Crippen LogP contribution in [0.1, 0.15) is 12.2 Å². The number of nitrogens with one attached hydrogen (secondary N) is 1. The number of carbonyl (C=O) groups is 1. The van der Waals surface area contributed by atoms with Crippen molar-refractivity contribution in [2.45, 2.75) is 19.0 Å². The molecule has 0 saturated heterocycles. The maximum absolute atomic E-state index is 11.2. The highest BCUT2D eigenvalue weighted by Gasteiger charge is 2.16. The van der Waals surface area contributed by atoms with Crippen molar-refractivity contribution in [1.29, 1.82) is 0 Å². The van der Waals surface area contributed by atoms with Crippen molar-refractivity contribution in [1.82, 2.24) is 5.32 Å². The third kappa shape index (κ3) is 5.40. The van der Waals surface area contributed by atoms with E-state index in [2.05, 4.69) is 5.32 Å². The molecule has 2 rings (SSSR count). The number of halogens is 1. The molecule has 1 aromatic carbocycles. The molecule has 0 radical (unpaired) electrons. The number of carboxylic acids is 1. The Morgan fingerprint density at radius 2 is 2.00 bits per heavy atom. The summed E-state index contributed by atoms with van der Waals surface area (Å²) < 4.78 is 5.74. The number of furan rings is 1. The van der Waals surface area contributed by atoms with Crippen LogP contribution in [-0.4, -0.2) is 29.1 Å². The van der Waals surface area contributed by atoms with Crippen molar-refractivity contribution in [2.75, 3.05) is 12.0 Å². The van der Waals surface area contributed by atoms with Gasteiger partial charge in [-0.25, -0.2) is 0 Å². The predicted molar refractivity (Wildman–Crippen MR) is 92.7 cm³/mol. The van der Waals surface area contributed by atoms with Crippen LogP contribution < -0.4 is 5.32 Å². The minimum Gasteiger partial charge on any atom is -0.480 e. The van der Waals surface area contributed by atoms with E-state index >= 15 is 0 Å². The lowest BCUT2D eigenvalue weighted by Gasteiger charge is -2.12. The van der Waals surface area contributed by atoms with E-state index in [-0.39, 0.29) is 12.4 Å². The van der Waals surface area contributed by atoms with Gasteiger partial charge in [0.25, 0.3) is 0 Å². The molecule has 2 aromatic rings. The fourth-order valence-electron chi connectivity index (χ4n) is 2.00. The van der Waals surface area contributed by atoms with Crippen molar-refractivity contribution in [3.63, 3.8) is 0 Å². The summed E-state index contributed by atoms with van der Waals surface area (Å²) in [5.74, 6) is 1.53. The van der Waals surface area contributed by atoms with Gasteiger partial charge < -0.3 is 9.52 Å². The molecule has 120 valence electrons. The lowest BCUT2D eigenvalue weighted by atomic mass is 10.2. The molecule has 1 aromatic heterocycles. The Morgan fingerprint density at radius 3 is 2.64 bits per heavy atom. The smallest absolute Gasteiger partial charge is 0.320 e. The molecule has 1 heterocycles. The van der Waals surface area contributed by atoms with Crippen LogP contribution in [-0.2, 0) is 11.3 Å². The number of aliphatic carboxylic acids is 1.